The van der Waals surface area contributed by atoms with Gasteiger partial charge in [0.25, 0.3) is 0 Å². The van der Waals surface area contributed by atoms with Crippen molar-refractivity contribution in [2.75, 3.05) is 0 Å². The van der Waals surface area contributed by atoms with Crippen LogP contribution in [-0.2, 0) is 4.79 Å². The Morgan fingerprint density at radius 1 is 0.912 bits per heavy atom. The van der Waals surface area contributed by atoms with Crippen molar-refractivity contribution in [3.8, 4) is 0 Å². The highest BCUT2D eigenvalue weighted by Gasteiger charge is 2.67. The number of Topliss-reactive ketones (excluding diaryl/α,β-unsaturated/α-hetero) is 1. The molecule has 4 N–H and O–H groups in total. The van der Waals surface area contributed by atoms with Crippen LogP contribution in [0.5, 0.6) is 0 Å². The topological polar surface area (TPSA) is 98.0 Å². The Kier molecular flexibility index (Phi) is 7.37. The molecular weight excluding hydrogens is 428 g/mol. The first-order valence-electron chi connectivity index (χ1n) is 14.1. The maximum atomic E-state index is 13.6. The van der Waals surface area contributed by atoms with Gasteiger partial charge in [0.1, 0.15) is 5.78 Å². The number of hydrogen-bond donors (Lipinski definition) is 4. The summed E-state index contributed by atoms with van der Waals surface area (Å²) < 4.78 is 0. The van der Waals surface area contributed by atoms with E-state index in [0.717, 1.165) is 38.5 Å². The standard InChI is InChI=1S/C29H50O5/c1-15(2)19(17(4)30)8-7-16(3)21-14-23(32)25-24-20(10-12-29(21,25)6)28(5)11-9-18(31)13-22(28)26(33)27(24)34/h15-22,24-27,30-31,33-34H,7-14H2,1-6H3/t16?,17?,18-,19?,20-,21+,22+,24+,25-,26+,27+,28+,29+/m0/s1. The van der Waals surface area contributed by atoms with Crippen molar-refractivity contribution in [2.24, 2.45) is 58.2 Å². The Hall–Kier alpha value is -0.490. The van der Waals surface area contributed by atoms with E-state index in [9.17, 15) is 25.2 Å². The van der Waals surface area contributed by atoms with Crippen molar-refractivity contribution in [1.29, 1.82) is 0 Å². The van der Waals surface area contributed by atoms with Crippen LogP contribution in [0.3, 0.4) is 0 Å². The molecule has 13 atom stereocenters. The highest BCUT2D eigenvalue weighted by molar-refractivity contribution is 5.85. The first-order valence-corrected chi connectivity index (χ1v) is 14.1. The summed E-state index contributed by atoms with van der Waals surface area (Å²) in [5.74, 6) is 1.41. The first kappa shape index (κ1) is 26.6. The number of ketones is 1. The summed E-state index contributed by atoms with van der Waals surface area (Å²) in [5.41, 5.74) is -0.274. The molecule has 0 aliphatic heterocycles. The second kappa shape index (κ2) is 9.43. The summed E-state index contributed by atoms with van der Waals surface area (Å²) in [6, 6.07) is 0. The van der Waals surface area contributed by atoms with Crippen molar-refractivity contribution in [3.05, 3.63) is 0 Å². The van der Waals surface area contributed by atoms with Gasteiger partial charge in [0, 0.05) is 18.3 Å². The van der Waals surface area contributed by atoms with Gasteiger partial charge in [0.2, 0.25) is 0 Å². The fourth-order valence-corrected chi connectivity index (χ4v) is 9.70. The molecule has 4 aliphatic carbocycles. The van der Waals surface area contributed by atoms with Crippen molar-refractivity contribution in [3.63, 3.8) is 0 Å². The fraction of sp³-hybridized carbons (Fsp3) is 0.966. The largest absolute Gasteiger partial charge is 0.393 e. The van der Waals surface area contributed by atoms with Gasteiger partial charge in [-0.3, -0.25) is 4.79 Å². The van der Waals surface area contributed by atoms with Crippen molar-refractivity contribution in [2.45, 2.75) is 117 Å². The smallest absolute Gasteiger partial charge is 0.137 e. The van der Waals surface area contributed by atoms with Crippen molar-refractivity contribution < 1.29 is 25.2 Å². The molecule has 4 saturated carbocycles. The van der Waals surface area contributed by atoms with E-state index in [0.29, 0.717) is 24.7 Å². The minimum Gasteiger partial charge on any atom is -0.393 e. The van der Waals surface area contributed by atoms with Crippen LogP contribution in [0.25, 0.3) is 0 Å². The van der Waals surface area contributed by atoms with E-state index >= 15 is 0 Å². The van der Waals surface area contributed by atoms with Crippen LogP contribution in [0.2, 0.25) is 0 Å². The van der Waals surface area contributed by atoms with E-state index in [1.54, 1.807) is 0 Å². The third kappa shape index (κ3) is 4.11. The predicted molar refractivity (Wildman–Crippen MR) is 133 cm³/mol. The highest BCUT2D eigenvalue weighted by Crippen LogP contribution is 2.67. The van der Waals surface area contributed by atoms with Gasteiger partial charge in [-0.15, -0.1) is 0 Å². The molecule has 0 bridgehead atoms. The molecule has 5 nitrogen and oxygen atoms in total. The summed E-state index contributed by atoms with van der Waals surface area (Å²) in [7, 11) is 0. The number of aliphatic hydroxyl groups excluding tert-OH is 4. The Labute approximate surface area is 206 Å². The molecule has 0 aromatic carbocycles. The molecule has 4 aliphatic rings. The van der Waals surface area contributed by atoms with Gasteiger partial charge in [0.15, 0.2) is 0 Å². The van der Waals surface area contributed by atoms with Gasteiger partial charge in [-0.1, -0.05) is 41.0 Å². The monoisotopic (exact) mass is 478 g/mol. The van der Waals surface area contributed by atoms with E-state index in [1.165, 1.54) is 0 Å². The van der Waals surface area contributed by atoms with E-state index in [-0.39, 0.29) is 58.2 Å². The summed E-state index contributed by atoms with van der Waals surface area (Å²) in [4.78, 5) is 13.6. The zero-order chi connectivity index (χ0) is 25.2. The second-order valence-electron chi connectivity index (χ2n) is 13.7. The third-order valence-electron chi connectivity index (χ3n) is 11.7. The van der Waals surface area contributed by atoms with Gasteiger partial charge in [-0.05, 0) is 91.8 Å². The minimum atomic E-state index is -0.892. The molecule has 0 spiro atoms. The Morgan fingerprint density at radius 2 is 1.56 bits per heavy atom. The van der Waals surface area contributed by atoms with Gasteiger partial charge < -0.3 is 20.4 Å². The number of carbonyl (C=O) groups is 1. The van der Waals surface area contributed by atoms with Crippen LogP contribution in [0.1, 0.15) is 92.9 Å². The maximum Gasteiger partial charge on any atom is 0.137 e. The van der Waals surface area contributed by atoms with Gasteiger partial charge in [-0.25, -0.2) is 0 Å². The molecule has 4 fully saturated rings. The Bertz CT molecular complexity index is 743. The molecule has 0 saturated heterocycles. The fourth-order valence-electron chi connectivity index (χ4n) is 9.70. The Morgan fingerprint density at radius 3 is 2.18 bits per heavy atom. The molecule has 5 heteroatoms. The Balaban J connectivity index is 1.57. The summed E-state index contributed by atoms with van der Waals surface area (Å²) in [6.45, 7) is 13.1. The molecule has 34 heavy (non-hydrogen) atoms. The van der Waals surface area contributed by atoms with Crippen molar-refractivity contribution in [1.82, 2.24) is 0 Å². The first-order chi connectivity index (χ1) is 15.8. The molecule has 0 radical (unpaired) electrons. The minimum absolute atomic E-state index is 0.100. The molecule has 0 heterocycles. The maximum absolute atomic E-state index is 13.6. The number of rotatable bonds is 6. The van der Waals surface area contributed by atoms with E-state index in [2.05, 4.69) is 34.6 Å². The zero-order valence-electron chi connectivity index (χ0n) is 22.3. The van der Waals surface area contributed by atoms with Crippen LogP contribution < -0.4 is 0 Å². The number of hydrogen-bond acceptors (Lipinski definition) is 5. The van der Waals surface area contributed by atoms with Gasteiger partial charge >= 0.3 is 0 Å². The van der Waals surface area contributed by atoms with Crippen LogP contribution in [0, 0.1) is 58.2 Å². The molecule has 4 rings (SSSR count). The van der Waals surface area contributed by atoms with E-state index in [1.807, 2.05) is 6.92 Å². The summed E-state index contributed by atoms with van der Waals surface area (Å²) in [5, 5.41) is 43.1. The quantitative estimate of drug-likeness (QED) is 0.459. The van der Waals surface area contributed by atoms with Gasteiger partial charge in [0.05, 0.1) is 24.4 Å². The number of fused-ring (bicyclic) bond motifs is 5. The molecule has 0 aromatic heterocycles. The third-order valence-corrected chi connectivity index (χ3v) is 11.7. The lowest BCUT2D eigenvalue weighted by Crippen LogP contribution is -2.64. The lowest BCUT2D eigenvalue weighted by molar-refractivity contribution is -0.222. The normalized spacial score (nSPS) is 49.2. The number of carbonyl (C=O) groups excluding carboxylic acids is 1. The van der Waals surface area contributed by atoms with Crippen LogP contribution >= 0.6 is 0 Å². The second-order valence-corrected chi connectivity index (χ2v) is 13.7. The molecule has 0 amide bonds. The summed E-state index contributed by atoms with van der Waals surface area (Å²) >= 11 is 0. The number of aliphatic hydroxyl groups is 4. The molecule has 3 unspecified atom stereocenters. The molecule has 196 valence electrons. The van der Waals surface area contributed by atoms with Crippen LogP contribution in [0.15, 0.2) is 0 Å². The lowest BCUT2D eigenvalue weighted by atomic mass is 9.43. The highest BCUT2D eigenvalue weighted by atomic mass is 16.3. The van der Waals surface area contributed by atoms with E-state index in [4.69, 9.17) is 0 Å². The average Bonchev–Trinajstić information content (AvgIpc) is 3.03. The van der Waals surface area contributed by atoms with Crippen LogP contribution in [0.4, 0.5) is 0 Å². The van der Waals surface area contributed by atoms with Crippen molar-refractivity contribution >= 4 is 5.78 Å². The average molecular weight is 479 g/mol. The van der Waals surface area contributed by atoms with Crippen LogP contribution in [-0.4, -0.2) is 50.6 Å². The molecular formula is C29H50O5. The summed E-state index contributed by atoms with van der Waals surface area (Å²) in [6.07, 6.45) is 4.21. The van der Waals surface area contributed by atoms with Gasteiger partial charge in [-0.2, -0.15) is 0 Å². The predicted octanol–water partition coefficient (Wildman–Crippen LogP) is 4.20. The lowest BCUT2D eigenvalue weighted by Gasteiger charge is -2.63. The van der Waals surface area contributed by atoms with E-state index < -0.39 is 18.3 Å². The molecule has 0 aromatic rings. The zero-order valence-corrected chi connectivity index (χ0v) is 22.3. The SMILES string of the molecule is CC(C)C(CCC(C)[C@H]1CC(=O)[C@H]2[C@@H]3[C@@H](O)[C@H](O)[C@H]4C[C@@H](O)CC[C@]4(C)[C@H]3CC[C@]12C)C(C)O.